The summed E-state index contributed by atoms with van der Waals surface area (Å²) in [5.41, 5.74) is 3.19. The van der Waals surface area contributed by atoms with E-state index in [9.17, 15) is 0 Å². The molecule has 0 aromatic rings. The van der Waals surface area contributed by atoms with E-state index >= 15 is 0 Å². The second kappa shape index (κ2) is 11.1. The molecule has 0 nitrogen and oxygen atoms in total. The summed E-state index contributed by atoms with van der Waals surface area (Å²) >= 11 is 10.8. The molecule has 0 aromatic carbocycles. The van der Waals surface area contributed by atoms with E-state index in [-0.39, 0.29) is 0 Å². The van der Waals surface area contributed by atoms with Crippen LogP contribution in [0.2, 0.25) is 0 Å². The molecule has 0 spiro atoms. The fraction of sp³-hybridized carbons (Fsp3) is 0.600. The molecule has 0 saturated heterocycles. The number of unbranched alkanes of at least 4 members (excludes halogenated alkanes) is 5. The van der Waals surface area contributed by atoms with Gasteiger partial charge in [0.15, 0.2) is 0 Å². The van der Waals surface area contributed by atoms with Crippen LogP contribution in [-0.4, -0.2) is 0 Å². The van der Waals surface area contributed by atoms with Gasteiger partial charge in [0.05, 0.1) is 0 Å². The summed E-state index contributed by atoms with van der Waals surface area (Å²) in [4.78, 5) is 0. The van der Waals surface area contributed by atoms with Crippen LogP contribution in [0.15, 0.2) is 23.2 Å². The molecule has 0 radical (unpaired) electrons. The van der Waals surface area contributed by atoms with Gasteiger partial charge in [-0.1, -0.05) is 48.2 Å². The van der Waals surface area contributed by atoms with Crippen molar-refractivity contribution in [3.05, 3.63) is 23.2 Å². The molecule has 2 heteroatoms. The topological polar surface area (TPSA) is 0 Å². The van der Waals surface area contributed by atoms with Gasteiger partial charge in [-0.2, -0.15) is 0 Å². The zero-order chi connectivity index (χ0) is 9.07. The third kappa shape index (κ3) is 10.1. The summed E-state index contributed by atoms with van der Waals surface area (Å²) in [6.07, 6.45) is 11.3. The first-order valence-corrected chi connectivity index (χ1v) is 5.29. The Morgan fingerprint density at radius 3 is 1.42 bits per heavy atom. The Morgan fingerprint density at radius 1 is 0.667 bits per heavy atom. The number of halogens is 2. The molecule has 12 heavy (non-hydrogen) atoms. The second-order valence-corrected chi connectivity index (χ2v) is 3.22. The van der Waals surface area contributed by atoms with E-state index in [2.05, 4.69) is 0 Å². The van der Waals surface area contributed by atoms with Gasteiger partial charge in [-0.25, -0.2) is 0 Å². The van der Waals surface area contributed by atoms with Gasteiger partial charge in [0.2, 0.25) is 0 Å². The van der Waals surface area contributed by atoms with Gasteiger partial charge in [0, 0.05) is 11.1 Å². The molecular weight excluding hydrogens is 191 g/mol. The Labute approximate surface area is 85.3 Å². The van der Waals surface area contributed by atoms with Crippen LogP contribution in [0.25, 0.3) is 0 Å². The third-order valence-corrected chi connectivity index (χ3v) is 2.03. The van der Waals surface area contributed by atoms with Crippen molar-refractivity contribution in [2.45, 2.75) is 38.5 Å². The summed E-state index contributed by atoms with van der Waals surface area (Å²) in [6, 6.07) is 0. The van der Waals surface area contributed by atoms with Crippen LogP contribution in [0.3, 0.4) is 0 Å². The molecule has 0 aliphatic heterocycles. The van der Waals surface area contributed by atoms with Crippen LogP contribution >= 0.6 is 23.2 Å². The molecule has 0 aliphatic rings. The van der Waals surface area contributed by atoms with E-state index in [1.54, 1.807) is 11.1 Å². The Balaban J connectivity index is 2.91. The molecule has 0 heterocycles. The van der Waals surface area contributed by atoms with Crippen molar-refractivity contribution in [3.8, 4) is 0 Å². The largest absolute Gasteiger partial charge is 0.0933 e. The zero-order valence-corrected chi connectivity index (χ0v) is 8.82. The molecule has 0 aliphatic carbocycles. The Hall–Kier alpha value is 0.0600. The van der Waals surface area contributed by atoms with Crippen molar-refractivity contribution in [2.75, 3.05) is 0 Å². The fourth-order valence-corrected chi connectivity index (χ4v) is 1.26. The minimum atomic E-state index is 1.11. The summed E-state index contributed by atoms with van der Waals surface area (Å²) in [6.45, 7) is 0. The van der Waals surface area contributed by atoms with Gasteiger partial charge in [-0.15, -0.1) is 0 Å². The Kier molecular flexibility index (Phi) is 11.1. The highest BCUT2D eigenvalue weighted by Crippen LogP contribution is 2.06. The highest BCUT2D eigenvalue weighted by atomic mass is 35.5. The highest BCUT2D eigenvalue weighted by molar-refractivity contribution is 6.25. The predicted molar refractivity (Wildman–Crippen MR) is 57.7 cm³/mol. The minimum absolute atomic E-state index is 1.11. The van der Waals surface area contributed by atoms with Gasteiger partial charge in [0.1, 0.15) is 0 Å². The lowest BCUT2D eigenvalue weighted by Gasteiger charge is -1.95. The van der Waals surface area contributed by atoms with Crippen molar-refractivity contribution < 1.29 is 0 Å². The van der Waals surface area contributed by atoms with Gasteiger partial charge in [-0.3, -0.25) is 0 Å². The average Bonchev–Trinajstić information content (AvgIpc) is 2.10. The molecule has 0 bridgehead atoms. The molecular formula is C10H16Cl2. The second-order valence-electron chi connectivity index (χ2n) is 2.71. The van der Waals surface area contributed by atoms with E-state index < -0.39 is 0 Å². The maximum atomic E-state index is 5.38. The Morgan fingerprint density at radius 2 is 1.08 bits per heavy atom. The van der Waals surface area contributed by atoms with Crippen molar-refractivity contribution in [3.63, 3.8) is 0 Å². The van der Waals surface area contributed by atoms with E-state index in [1.165, 1.54) is 25.7 Å². The van der Waals surface area contributed by atoms with Gasteiger partial charge in [0.25, 0.3) is 0 Å². The monoisotopic (exact) mass is 206 g/mol. The first-order valence-electron chi connectivity index (χ1n) is 4.42. The lowest BCUT2D eigenvalue weighted by atomic mass is 10.1. The van der Waals surface area contributed by atoms with E-state index in [0.29, 0.717) is 0 Å². The fourth-order valence-electron chi connectivity index (χ4n) is 1.00. The van der Waals surface area contributed by atoms with Crippen LogP contribution in [0.4, 0.5) is 0 Å². The molecule has 70 valence electrons. The molecule has 0 aromatic heterocycles. The van der Waals surface area contributed by atoms with Gasteiger partial charge < -0.3 is 0 Å². The maximum absolute atomic E-state index is 5.38. The molecule has 0 N–H and O–H groups in total. The smallest absolute Gasteiger partial charge is 0.000245 e. The summed E-state index contributed by atoms with van der Waals surface area (Å²) in [5.74, 6) is 0. The number of hydrogen-bond acceptors (Lipinski definition) is 0. The van der Waals surface area contributed by atoms with Crippen LogP contribution < -0.4 is 0 Å². The molecule has 0 unspecified atom stereocenters. The quantitative estimate of drug-likeness (QED) is 0.524. The normalized spacial score (nSPS) is 11.8. The molecule has 0 atom stereocenters. The summed E-state index contributed by atoms with van der Waals surface area (Å²) in [7, 11) is 0. The maximum Gasteiger partial charge on any atom is 0.000245 e. The average molecular weight is 207 g/mol. The zero-order valence-electron chi connectivity index (χ0n) is 7.31. The van der Waals surface area contributed by atoms with Crippen LogP contribution in [0.1, 0.15) is 38.5 Å². The minimum Gasteiger partial charge on any atom is -0.0933 e. The molecule has 0 amide bonds. The molecule has 0 saturated carbocycles. The van der Waals surface area contributed by atoms with Crippen molar-refractivity contribution in [2.24, 2.45) is 0 Å². The first-order chi connectivity index (χ1) is 5.91. The standard InChI is InChI=1S/C10H16Cl2/c11-9-7-5-3-1-2-4-6-8-10-12/h7-10H,1-6H2/b9-7-,10-8-. The third-order valence-electron chi connectivity index (χ3n) is 1.67. The lowest BCUT2D eigenvalue weighted by molar-refractivity contribution is 0.652. The van der Waals surface area contributed by atoms with Crippen LogP contribution in [0, 0.1) is 0 Å². The summed E-state index contributed by atoms with van der Waals surface area (Å²) < 4.78 is 0. The van der Waals surface area contributed by atoms with Crippen LogP contribution in [0.5, 0.6) is 0 Å². The highest BCUT2D eigenvalue weighted by Gasteiger charge is 1.86. The van der Waals surface area contributed by atoms with E-state index in [1.807, 2.05) is 12.2 Å². The molecule has 0 fully saturated rings. The van der Waals surface area contributed by atoms with E-state index in [0.717, 1.165) is 12.8 Å². The molecule has 0 rings (SSSR count). The van der Waals surface area contributed by atoms with E-state index in [4.69, 9.17) is 23.2 Å². The van der Waals surface area contributed by atoms with Gasteiger partial charge >= 0.3 is 0 Å². The number of hydrogen-bond donors (Lipinski definition) is 0. The van der Waals surface area contributed by atoms with Crippen LogP contribution in [-0.2, 0) is 0 Å². The first kappa shape index (κ1) is 12.1. The van der Waals surface area contributed by atoms with Crippen molar-refractivity contribution in [1.82, 2.24) is 0 Å². The van der Waals surface area contributed by atoms with Crippen molar-refractivity contribution >= 4 is 23.2 Å². The summed E-state index contributed by atoms with van der Waals surface area (Å²) in [5, 5.41) is 0. The SMILES string of the molecule is Cl/C=C\CCCCCC/C=C\Cl. The lowest BCUT2D eigenvalue weighted by Crippen LogP contribution is -1.76. The van der Waals surface area contributed by atoms with Crippen molar-refractivity contribution in [1.29, 1.82) is 0 Å². The number of allylic oxidation sites excluding steroid dienone is 2. The predicted octanol–water partition coefficient (Wildman–Crippen LogP) is 4.83. The van der Waals surface area contributed by atoms with Gasteiger partial charge in [-0.05, 0) is 25.7 Å². The Bertz CT molecular complexity index is 112. The number of rotatable bonds is 7.